The second-order valence-corrected chi connectivity index (χ2v) is 5.33. The van der Waals surface area contributed by atoms with Crippen molar-refractivity contribution in [2.24, 2.45) is 0 Å². The number of fused-ring (bicyclic) bond motifs is 1. The largest absolute Gasteiger partial charge is 0.396 e. The van der Waals surface area contributed by atoms with Crippen molar-refractivity contribution in [1.82, 2.24) is 4.98 Å². The van der Waals surface area contributed by atoms with E-state index in [2.05, 4.69) is 43.2 Å². The Morgan fingerprint density at radius 2 is 2.00 bits per heavy atom. The van der Waals surface area contributed by atoms with Gasteiger partial charge in [0.25, 0.3) is 0 Å². The van der Waals surface area contributed by atoms with Crippen LogP contribution < -0.4 is 5.32 Å². The van der Waals surface area contributed by atoms with Crippen molar-refractivity contribution in [3.05, 3.63) is 35.9 Å². The molecule has 0 saturated carbocycles. The number of aromatic nitrogens is 1. The standard InChI is InChI=1S/C15H20N2O/c1-11-10-12-6-4-5-7-13(12)16-14(11)17-15(2,3)8-9-18/h4-7,10,18H,8-9H2,1-3H3,(H,16,17). The van der Waals surface area contributed by atoms with Crippen molar-refractivity contribution < 1.29 is 5.11 Å². The Hall–Kier alpha value is -1.61. The van der Waals surface area contributed by atoms with Gasteiger partial charge in [-0.2, -0.15) is 0 Å². The van der Waals surface area contributed by atoms with Gasteiger partial charge >= 0.3 is 0 Å². The average molecular weight is 244 g/mol. The van der Waals surface area contributed by atoms with Gasteiger partial charge in [0, 0.05) is 17.5 Å². The van der Waals surface area contributed by atoms with Crippen LogP contribution in [0, 0.1) is 6.92 Å². The Morgan fingerprint density at radius 3 is 2.72 bits per heavy atom. The van der Waals surface area contributed by atoms with Gasteiger partial charge in [0.05, 0.1) is 5.52 Å². The zero-order valence-corrected chi connectivity index (χ0v) is 11.2. The van der Waals surface area contributed by atoms with Crippen LogP contribution in [0.3, 0.4) is 0 Å². The molecule has 3 heteroatoms. The molecule has 1 aromatic heterocycles. The Bertz CT molecular complexity index is 549. The van der Waals surface area contributed by atoms with Crippen molar-refractivity contribution in [2.45, 2.75) is 32.7 Å². The van der Waals surface area contributed by atoms with Crippen LogP contribution in [0.1, 0.15) is 25.8 Å². The molecule has 2 rings (SSSR count). The maximum atomic E-state index is 9.06. The number of aliphatic hydroxyl groups excluding tert-OH is 1. The third kappa shape index (κ3) is 2.79. The number of rotatable bonds is 4. The highest BCUT2D eigenvalue weighted by molar-refractivity contribution is 5.81. The number of nitrogens with one attached hydrogen (secondary N) is 1. The molecule has 0 atom stereocenters. The Morgan fingerprint density at radius 1 is 1.28 bits per heavy atom. The van der Waals surface area contributed by atoms with Crippen LogP contribution in [-0.4, -0.2) is 22.2 Å². The Balaban J connectivity index is 2.36. The van der Waals surface area contributed by atoms with Gasteiger partial charge in [0.2, 0.25) is 0 Å². The summed E-state index contributed by atoms with van der Waals surface area (Å²) in [5.41, 5.74) is 1.96. The molecule has 0 amide bonds. The molecule has 0 radical (unpaired) electrons. The van der Waals surface area contributed by atoms with E-state index < -0.39 is 0 Å². The van der Waals surface area contributed by atoms with E-state index in [1.165, 1.54) is 0 Å². The van der Waals surface area contributed by atoms with Gasteiger partial charge in [-0.05, 0) is 44.9 Å². The SMILES string of the molecule is Cc1cc2ccccc2nc1NC(C)(C)CCO. The number of anilines is 1. The van der Waals surface area contributed by atoms with Crippen molar-refractivity contribution in [2.75, 3.05) is 11.9 Å². The molecule has 0 saturated heterocycles. The van der Waals surface area contributed by atoms with Crippen LogP contribution in [0.5, 0.6) is 0 Å². The average Bonchev–Trinajstić information content (AvgIpc) is 2.29. The molecule has 2 aromatic rings. The third-order valence-electron chi connectivity index (χ3n) is 3.11. The normalized spacial score (nSPS) is 11.8. The summed E-state index contributed by atoms with van der Waals surface area (Å²) in [6, 6.07) is 10.2. The summed E-state index contributed by atoms with van der Waals surface area (Å²) in [4.78, 5) is 4.65. The van der Waals surface area contributed by atoms with Gasteiger partial charge in [-0.1, -0.05) is 18.2 Å². The highest BCUT2D eigenvalue weighted by atomic mass is 16.3. The minimum Gasteiger partial charge on any atom is -0.396 e. The van der Waals surface area contributed by atoms with Crippen LogP contribution in [-0.2, 0) is 0 Å². The second kappa shape index (κ2) is 4.94. The topological polar surface area (TPSA) is 45.2 Å². The van der Waals surface area contributed by atoms with Crippen LogP contribution in [0.4, 0.5) is 5.82 Å². The lowest BCUT2D eigenvalue weighted by atomic mass is 10.0. The van der Waals surface area contributed by atoms with Crippen LogP contribution in [0.15, 0.2) is 30.3 Å². The molecule has 18 heavy (non-hydrogen) atoms. The lowest BCUT2D eigenvalue weighted by Crippen LogP contribution is -2.32. The summed E-state index contributed by atoms with van der Waals surface area (Å²) in [6.07, 6.45) is 0.695. The highest BCUT2D eigenvalue weighted by Crippen LogP contribution is 2.23. The molecule has 2 N–H and O–H groups in total. The van der Waals surface area contributed by atoms with Crippen molar-refractivity contribution in [3.8, 4) is 0 Å². The van der Waals surface area contributed by atoms with E-state index in [0.717, 1.165) is 22.3 Å². The molecule has 0 spiro atoms. The molecule has 1 aromatic carbocycles. The van der Waals surface area contributed by atoms with E-state index in [0.29, 0.717) is 6.42 Å². The zero-order valence-electron chi connectivity index (χ0n) is 11.2. The molecule has 3 nitrogen and oxygen atoms in total. The summed E-state index contributed by atoms with van der Waals surface area (Å²) in [7, 11) is 0. The molecule has 0 aliphatic heterocycles. The van der Waals surface area contributed by atoms with Crippen LogP contribution >= 0.6 is 0 Å². The molecule has 96 valence electrons. The first-order chi connectivity index (χ1) is 8.52. The molecule has 1 heterocycles. The second-order valence-electron chi connectivity index (χ2n) is 5.33. The van der Waals surface area contributed by atoms with Gasteiger partial charge in [-0.25, -0.2) is 4.98 Å². The van der Waals surface area contributed by atoms with Gasteiger partial charge in [0.15, 0.2) is 0 Å². The fraction of sp³-hybridized carbons (Fsp3) is 0.400. The molecular weight excluding hydrogens is 224 g/mol. The van der Waals surface area contributed by atoms with Crippen LogP contribution in [0.25, 0.3) is 10.9 Å². The van der Waals surface area contributed by atoms with Gasteiger partial charge in [-0.15, -0.1) is 0 Å². The Labute approximate surface area is 108 Å². The number of aliphatic hydroxyl groups is 1. The van der Waals surface area contributed by atoms with E-state index in [1.54, 1.807) is 0 Å². The smallest absolute Gasteiger partial charge is 0.130 e. The first kappa shape index (κ1) is 12.8. The third-order valence-corrected chi connectivity index (χ3v) is 3.11. The van der Waals surface area contributed by atoms with E-state index in [9.17, 15) is 0 Å². The number of pyridine rings is 1. The number of hydrogen-bond donors (Lipinski definition) is 2. The van der Waals surface area contributed by atoms with E-state index >= 15 is 0 Å². The molecule has 0 unspecified atom stereocenters. The minimum atomic E-state index is -0.158. The predicted molar refractivity (Wildman–Crippen MR) is 75.9 cm³/mol. The van der Waals surface area contributed by atoms with E-state index in [-0.39, 0.29) is 12.1 Å². The maximum Gasteiger partial charge on any atom is 0.130 e. The molecule has 0 bridgehead atoms. The summed E-state index contributed by atoms with van der Waals surface area (Å²) < 4.78 is 0. The number of aryl methyl sites for hydroxylation is 1. The number of hydrogen-bond acceptors (Lipinski definition) is 3. The summed E-state index contributed by atoms with van der Waals surface area (Å²) in [6.45, 7) is 6.36. The van der Waals surface area contributed by atoms with Crippen molar-refractivity contribution in [3.63, 3.8) is 0 Å². The lowest BCUT2D eigenvalue weighted by Gasteiger charge is -2.27. The summed E-state index contributed by atoms with van der Waals surface area (Å²) >= 11 is 0. The van der Waals surface area contributed by atoms with E-state index in [4.69, 9.17) is 5.11 Å². The highest BCUT2D eigenvalue weighted by Gasteiger charge is 2.18. The minimum absolute atomic E-state index is 0.158. The molecule has 0 aliphatic carbocycles. The monoisotopic (exact) mass is 244 g/mol. The first-order valence-corrected chi connectivity index (χ1v) is 6.27. The van der Waals surface area contributed by atoms with Crippen molar-refractivity contribution in [1.29, 1.82) is 0 Å². The molecule has 0 fully saturated rings. The number of nitrogens with zero attached hydrogens (tertiary/aromatic N) is 1. The first-order valence-electron chi connectivity index (χ1n) is 6.27. The van der Waals surface area contributed by atoms with Gasteiger partial charge < -0.3 is 10.4 Å². The van der Waals surface area contributed by atoms with Gasteiger partial charge in [0.1, 0.15) is 5.82 Å². The number of benzene rings is 1. The fourth-order valence-corrected chi connectivity index (χ4v) is 2.01. The fourth-order valence-electron chi connectivity index (χ4n) is 2.01. The lowest BCUT2D eigenvalue weighted by molar-refractivity contribution is 0.260. The maximum absolute atomic E-state index is 9.06. The summed E-state index contributed by atoms with van der Waals surface area (Å²) in [5.74, 6) is 0.896. The zero-order chi connectivity index (χ0) is 13.2. The summed E-state index contributed by atoms with van der Waals surface area (Å²) in [5, 5.41) is 13.6. The van der Waals surface area contributed by atoms with Gasteiger partial charge in [-0.3, -0.25) is 0 Å². The Kier molecular flexibility index (Phi) is 3.53. The van der Waals surface area contributed by atoms with Crippen molar-refractivity contribution >= 4 is 16.7 Å². The van der Waals surface area contributed by atoms with E-state index in [1.807, 2.05) is 18.2 Å². The molecular formula is C15H20N2O. The quantitative estimate of drug-likeness (QED) is 0.868. The predicted octanol–water partition coefficient (Wildman–Crippen LogP) is 3.12. The molecule has 0 aliphatic rings. The number of para-hydroxylation sites is 1. The van der Waals surface area contributed by atoms with Crippen LogP contribution in [0.2, 0.25) is 0 Å².